The van der Waals surface area contributed by atoms with Crippen LogP contribution in [0.5, 0.6) is 0 Å². The molecule has 6 heteroatoms. The fraction of sp³-hybridized carbons (Fsp3) is 0.611. The number of aryl methyl sites for hydroxylation is 2. The van der Waals surface area contributed by atoms with Gasteiger partial charge in [0, 0.05) is 47.9 Å². The van der Waals surface area contributed by atoms with Crippen LogP contribution in [0.3, 0.4) is 0 Å². The van der Waals surface area contributed by atoms with E-state index in [1.807, 2.05) is 0 Å². The predicted octanol–water partition coefficient (Wildman–Crippen LogP) is 2.39. The molecule has 0 aromatic carbocycles. The van der Waals surface area contributed by atoms with E-state index in [2.05, 4.69) is 51.0 Å². The molecule has 0 bridgehead atoms. The first-order valence-electron chi connectivity index (χ1n) is 8.85. The molecule has 2 aliphatic carbocycles. The Morgan fingerprint density at radius 2 is 2.04 bits per heavy atom. The first-order valence-corrected chi connectivity index (χ1v) is 8.85. The van der Waals surface area contributed by atoms with Gasteiger partial charge in [0.15, 0.2) is 0 Å². The lowest BCUT2D eigenvalue weighted by Gasteiger charge is -2.31. The summed E-state index contributed by atoms with van der Waals surface area (Å²) in [6.07, 6.45) is 6.24. The summed E-state index contributed by atoms with van der Waals surface area (Å²) in [5.74, 6) is 1.44. The molecule has 0 saturated heterocycles. The van der Waals surface area contributed by atoms with Gasteiger partial charge in [-0.25, -0.2) is 9.97 Å². The molecule has 0 atom stereocenters. The van der Waals surface area contributed by atoms with Gasteiger partial charge in [-0.15, -0.1) is 0 Å². The highest BCUT2D eigenvalue weighted by Gasteiger charge is 2.43. The maximum Gasteiger partial charge on any atom is 0.129 e. The standard InChI is InChI=1S/C18H26N6/c1-12-5-13(2)24(23-12)10-18(3-4-18)9-20-17-8-16(21-11-22-17)14-6-15(19)7-14/h5,8,11,14-15H,3-4,6-7,9-10,19H2,1-2H3,(H,20,21,22). The van der Waals surface area contributed by atoms with E-state index in [0.717, 1.165) is 43.1 Å². The largest absolute Gasteiger partial charge is 0.369 e. The molecule has 0 radical (unpaired) electrons. The van der Waals surface area contributed by atoms with E-state index in [0.29, 0.717) is 17.4 Å². The first kappa shape index (κ1) is 15.6. The molecule has 2 aromatic rings. The minimum Gasteiger partial charge on any atom is -0.369 e. The summed E-state index contributed by atoms with van der Waals surface area (Å²) in [6.45, 7) is 6.10. The maximum atomic E-state index is 5.89. The molecule has 2 aliphatic rings. The van der Waals surface area contributed by atoms with E-state index < -0.39 is 0 Å². The van der Waals surface area contributed by atoms with Crippen molar-refractivity contribution in [1.29, 1.82) is 0 Å². The third-order valence-corrected chi connectivity index (χ3v) is 5.47. The molecule has 2 aromatic heterocycles. The fourth-order valence-corrected chi connectivity index (χ4v) is 3.59. The average molecular weight is 326 g/mol. The number of nitrogens with two attached hydrogens (primary N) is 1. The SMILES string of the molecule is Cc1cc(C)n(CC2(CNc3cc(C4CC(N)C4)ncn3)CC2)n1. The fourth-order valence-electron chi connectivity index (χ4n) is 3.59. The average Bonchev–Trinajstić information content (AvgIpc) is 3.22. The van der Waals surface area contributed by atoms with Gasteiger partial charge in [0.05, 0.1) is 5.69 Å². The summed E-state index contributed by atoms with van der Waals surface area (Å²) in [5.41, 5.74) is 9.66. The van der Waals surface area contributed by atoms with Crippen LogP contribution in [0.1, 0.15) is 48.7 Å². The third kappa shape index (κ3) is 3.15. The van der Waals surface area contributed by atoms with Gasteiger partial charge in [0.1, 0.15) is 12.1 Å². The first-order chi connectivity index (χ1) is 11.5. The van der Waals surface area contributed by atoms with Crippen molar-refractivity contribution >= 4 is 5.82 Å². The number of hydrogen-bond donors (Lipinski definition) is 2. The van der Waals surface area contributed by atoms with Gasteiger partial charge in [-0.3, -0.25) is 4.68 Å². The lowest BCUT2D eigenvalue weighted by molar-refractivity contribution is 0.345. The molecule has 0 unspecified atom stereocenters. The molecular weight excluding hydrogens is 300 g/mol. The Bertz CT molecular complexity index is 727. The van der Waals surface area contributed by atoms with Crippen molar-refractivity contribution in [2.45, 2.75) is 58.0 Å². The van der Waals surface area contributed by atoms with E-state index in [9.17, 15) is 0 Å². The number of nitrogens with zero attached hydrogens (tertiary/aromatic N) is 4. The van der Waals surface area contributed by atoms with Gasteiger partial charge in [0.25, 0.3) is 0 Å². The van der Waals surface area contributed by atoms with Gasteiger partial charge in [-0.2, -0.15) is 5.10 Å². The normalized spacial score (nSPS) is 24.5. The molecule has 6 nitrogen and oxygen atoms in total. The molecular formula is C18H26N6. The minimum atomic E-state index is 0.313. The van der Waals surface area contributed by atoms with Crippen molar-refractivity contribution in [3.8, 4) is 0 Å². The van der Waals surface area contributed by atoms with Gasteiger partial charge in [-0.05, 0) is 45.6 Å². The van der Waals surface area contributed by atoms with Crippen LogP contribution in [-0.4, -0.2) is 32.3 Å². The number of anilines is 1. The van der Waals surface area contributed by atoms with E-state index >= 15 is 0 Å². The van der Waals surface area contributed by atoms with Gasteiger partial charge in [0.2, 0.25) is 0 Å². The smallest absolute Gasteiger partial charge is 0.129 e. The Morgan fingerprint density at radius 1 is 1.25 bits per heavy atom. The molecule has 128 valence electrons. The maximum absolute atomic E-state index is 5.89. The molecule has 3 N–H and O–H groups in total. The summed E-state index contributed by atoms with van der Waals surface area (Å²) < 4.78 is 2.14. The van der Waals surface area contributed by atoms with Gasteiger partial charge >= 0.3 is 0 Å². The Labute approximate surface area is 142 Å². The van der Waals surface area contributed by atoms with E-state index in [1.54, 1.807) is 6.33 Å². The molecule has 0 amide bonds. The van der Waals surface area contributed by atoms with Crippen molar-refractivity contribution in [1.82, 2.24) is 19.7 Å². The zero-order valence-electron chi connectivity index (χ0n) is 14.5. The van der Waals surface area contributed by atoms with E-state index in [1.165, 1.54) is 18.5 Å². The Hall–Kier alpha value is -1.95. The topological polar surface area (TPSA) is 81.7 Å². The predicted molar refractivity (Wildman–Crippen MR) is 93.8 cm³/mol. The van der Waals surface area contributed by atoms with Crippen LogP contribution in [0, 0.1) is 19.3 Å². The number of aromatic nitrogens is 4. The third-order valence-electron chi connectivity index (χ3n) is 5.47. The molecule has 24 heavy (non-hydrogen) atoms. The van der Waals surface area contributed by atoms with E-state index in [4.69, 9.17) is 5.73 Å². The van der Waals surface area contributed by atoms with Gasteiger partial charge in [-0.1, -0.05) is 0 Å². The highest BCUT2D eigenvalue weighted by atomic mass is 15.3. The molecule has 0 spiro atoms. The highest BCUT2D eigenvalue weighted by molar-refractivity contribution is 5.37. The quantitative estimate of drug-likeness (QED) is 0.852. The Morgan fingerprint density at radius 3 is 2.67 bits per heavy atom. The Kier molecular flexibility index (Phi) is 3.79. The minimum absolute atomic E-state index is 0.313. The molecule has 2 saturated carbocycles. The lowest BCUT2D eigenvalue weighted by Crippen LogP contribution is -2.35. The number of nitrogens with one attached hydrogen (secondary N) is 1. The van der Waals surface area contributed by atoms with Crippen LogP contribution in [0.25, 0.3) is 0 Å². The van der Waals surface area contributed by atoms with Crippen LogP contribution in [0.4, 0.5) is 5.82 Å². The molecule has 2 heterocycles. The lowest BCUT2D eigenvalue weighted by atomic mass is 9.78. The van der Waals surface area contributed by atoms with Crippen molar-refractivity contribution in [3.05, 3.63) is 35.5 Å². The molecule has 4 rings (SSSR count). The summed E-state index contributed by atoms with van der Waals surface area (Å²) >= 11 is 0. The second kappa shape index (κ2) is 5.84. The van der Waals surface area contributed by atoms with Crippen molar-refractivity contribution in [2.24, 2.45) is 11.1 Å². The monoisotopic (exact) mass is 326 g/mol. The van der Waals surface area contributed by atoms with Crippen LogP contribution in [-0.2, 0) is 6.54 Å². The second-order valence-corrected chi connectivity index (χ2v) is 7.69. The van der Waals surface area contributed by atoms with Crippen molar-refractivity contribution in [2.75, 3.05) is 11.9 Å². The Balaban J connectivity index is 1.38. The summed E-state index contributed by atoms with van der Waals surface area (Å²) in [6, 6.07) is 4.58. The van der Waals surface area contributed by atoms with Gasteiger partial charge < -0.3 is 11.1 Å². The summed E-state index contributed by atoms with van der Waals surface area (Å²) in [4.78, 5) is 8.80. The molecule has 2 fully saturated rings. The molecule has 0 aliphatic heterocycles. The van der Waals surface area contributed by atoms with Crippen molar-refractivity contribution in [3.63, 3.8) is 0 Å². The zero-order valence-corrected chi connectivity index (χ0v) is 14.5. The number of hydrogen-bond acceptors (Lipinski definition) is 5. The summed E-state index contributed by atoms with van der Waals surface area (Å²) in [7, 11) is 0. The van der Waals surface area contributed by atoms with Crippen LogP contribution in [0.2, 0.25) is 0 Å². The highest BCUT2D eigenvalue weighted by Crippen LogP contribution is 2.47. The van der Waals surface area contributed by atoms with Crippen molar-refractivity contribution < 1.29 is 0 Å². The van der Waals surface area contributed by atoms with Crippen LogP contribution in [0.15, 0.2) is 18.5 Å². The zero-order chi connectivity index (χ0) is 16.7. The van der Waals surface area contributed by atoms with Crippen LogP contribution < -0.4 is 11.1 Å². The van der Waals surface area contributed by atoms with E-state index in [-0.39, 0.29) is 0 Å². The second-order valence-electron chi connectivity index (χ2n) is 7.69. The number of rotatable bonds is 6. The summed E-state index contributed by atoms with van der Waals surface area (Å²) in [5, 5.41) is 8.13. The van der Waals surface area contributed by atoms with Crippen LogP contribution >= 0.6 is 0 Å².